The highest BCUT2D eigenvalue weighted by Crippen LogP contribution is 2.27. The second kappa shape index (κ2) is 9.00. The third-order valence-corrected chi connectivity index (χ3v) is 5.52. The number of aromatic amines is 1. The Kier molecular flexibility index (Phi) is 5.59. The molecule has 0 saturated carbocycles. The van der Waals surface area contributed by atoms with Gasteiger partial charge in [0.15, 0.2) is 11.9 Å². The lowest BCUT2D eigenvalue weighted by molar-refractivity contribution is 0.0852. The Hall–Kier alpha value is -4.39. The number of primary amides is 1. The van der Waals surface area contributed by atoms with E-state index in [4.69, 9.17) is 15.0 Å². The summed E-state index contributed by atoms with van der Waals surface area (Å²) in [5.74, 6) is 0.726. The van der Waals surface area contributed by atoms with E-state index in [9.17, 15) is 4.79 Å². The van der Waals surface area contributed by atoms with Crippen molar-refractivity contribution in [2.45, 2.75) is 18.9 Å². The van der Waals surface area contributed by atoms with E-state index in [0.29, 0.717) is 18.7 Å². The van der Waals surface area contributed by atoms with Crippen LogP contribution >= 0.6 is 0 Å². The van der Waals surface area contributed by atoms with Gasteiger partial charge in [-0.05, 0) is 28.3 Å². The van der Waals surface area contributed by atoms with Gasteiger partial charge in [0, 0.05) is 29.9 Å². The monoisotopic (exact) mass is 438 g/mol. The SMILES string of the molecule is NC(=O)OC(Cc1c[nH]c2ccccc12)c1nc(Cc2ccc(-c3ccccc3)cc2)no1. The zero-order valence-electron chi connectivity index (χ0n) is 17.8. The van der Waals surface area contributed by atoms with Crippen molar-refractivity contribution >= 4 is 17.0 Å². The first-order chi connectivity index (χ1) is 16.2. The van der Waals surface area contributed by atoms with E-state index in [2.05, 4.69) is 39.4 Å². The maximum absolute atomic E-state index is 11.5. The van der Waals surface area contributed by atoms with Crippen LogP contribution in [-0.2, 0) is 17.6 Å². The van der Waals surface area contributed by atoms with Crippen LogP contribution in [0.4, 0.5) is 4.79 Å². The number of rotatable bonds is 7. The third-order valence-electron chi connectivity index (χ3n) is 5.52. The summed E-state index contributed by atoms with van der Waals surface area (Å²) < 4.78 is 10.8. The molecule has 0 bridgehead atoms. The first-order valence-corrected chi connectivity index (χ1v) is 10.6. The molecule has 0 aliphatic heterocycles. The summed E-state index contributed by atoms with van der Waals surface area (Å²) in [6.45, 7) is 0. The minimum Gasteiger partial charge on any atom is -0.436 e. The summed E-state index contributed by atoms with van der Waals surface area (Å²) in [6, 6.07) is 26.3. The number of nitrogens with one attached hydrogen (secondary N) is 1. The Morgan fingerprint density at radius 3 is 2.48 bits per heavy atom. The predicted molar refractivity (Wildman–Crippen MR) is 124 cm³/mol. The topological polar surface area (TPSA) is 107 Å². The molecule has 0 spiro atoms. The molecule has 1 unspecified atom stereocenters. The minimum atomic E-state index is -0.893. The maximum Gasteiger partial charge on any atom is 0.405 e. The lowest BCUT2D eigenvalue weighted by atomic mass is 10.0. The third kappa shape index (κ3) is 4.62. The van der Waals surface area contributed by atoms with Gasteiger partial charge in [0.2, 0.25) is 0 Å². The van der Waals surface area contributed by atoms with Gasteiger partial charge in [0.1, 0.15) is 0 Å². The summed E-state index contributed by atoms with van der Waals surface area (Å²) in [7, 11) is 0. The Labute approximate surface area is 190 Å². The number of hydrogen-bond acceptors (Lipinski definition) is 5. The molecule has 164 valence electrons. The number of H-pyrrole nitrogens is 1. The Balaban J connectivity index is 1.33. The van der Waals surface area contributed by atoms with Gasteiger partial charge in [0.25, 0.3) is 5.89 Å². The number of nitrogens with zero attached hydrogens (tertiary/aromatic N) is 2. The van der Waals surface area contributed by atoms with E-state index in [1.54, 1.807) is 0 Å². The lowest BCUT2D eigenvalue weighted by Crippen LogP contribution is -2.19. The summed E-state index contributed by atoms with van der Waals surface area (Å²) in [6.07, 6.45) is 1.07. The zero-order chi connectivity index (χ0) is 22.6. The highest BCUT2D eigenvalue weighted by molar-refractivity contribution is 5.83. The van der Waals surface area contributed by atoms with E-state index in [0.717, 1.165) is 33.2 Å². The van der Waals surface area contributed by atoms with Crippen molar-refractivity contribution in [1.82, 2.24) is 15.1 Å². The van der Waals surface area contributed by atoms with Crippen LogP contribution in [0.3, 0.4) is 0 Å². The van der Waals surface area contributed by atoms with Crippen molar-refractivity contribution in [3.8, 4) is 11.1 Å². The molecular formula is C26H22N4O3. The number of para-hydroxylation sites is 1. The number of hydrogen-bond donors (Lipinski definition) is 2. The van der Waals surface area contributed by atoms with E-state index in [1.807, 2.05) is 60.8 Å². The number of ether oxygens (including phenoxy) is 1. The molecule has 0 fully saturated rings. The smallest absolute Gasteiger partial charge is 0.405 e. The van der Waals surface area contributed by atoms with Crippen molar-refractivity contribution in [2.75, 3.05) is 0 Å². The van der Waals surface area contributed by atoms with E-state index < -0.39 is 12.2 Å². The van der Waals surface area contributed by atoms with Gasteiger partial charge < -0.3 is 20.0 Å². The molecule has 7 nitrogen and oxygen atoms in total. The predicted octanol–water partition coefficient (Wildman–Crippen LogP) is 5.19. The molecule has 1 amide bonds. The molecule has 5 aromatic rings. The van der Waals surface area contributed by atoms with Gasteiger partial charge in [-0.3, -0.25) is 0 Å². The van der Waals surface area contributed by atoms with Crippen molar-refractivity contribution in [2.24, 2.45) is 5.73 Å². The van der Waals surface area contributed by atoms with Crippen molar-refractivity contribution < 1.29 is 14.1 Å². The number of benzene rings is 3. The van der Waals surface area contributed by atoms with Crippen LogP contribution < -0.4 is 5.73 Å². The van der Waals surface area contributed by atoms with Crippen LogP contribution in [-0.4, -0.2) is 21.2 Å². The average Bonchev–Trinajstić information content (AvgIpc) is 3.47. The fraction of sp³-hybridized carbons (Fsp3) is 0.115. The Bertz CT molecular complexity index is 1370. The van der Waals surface area contributed by atoms with Crippen LogP contribution in [0.1, 0.15) is 28.9 Å². The quantitative estimate of drug-likeness (QED) is 0.364. The van der Waals surface area contributed by atoms with Crippen molar-refractivity contribution in [3.05, 3.63) is 108 Å². The number of aromatic nitrogens is 3. The van der Waals surface area contributed by atoms with Gasteiger partial charge in [-0.25, -0.2) is 4.79 Å². The molecule has 0 radical (unpaired) electrons. The average molecular weight is 438 g/mol. The molecule has 7 heteroatoms. The first kappa shape index (κ1) is 20.5. The summed E-state index contributed by atoms with van der Waals surface area (Å²) in [5, 5.41) is 5.12. The molecular weight excluding hydrogens is 416 g/mol. The van der Waals surface area contributed by atoms with Crippen LogP contribution in [0.15, 0.2) is 89.6 Å². The highest BCUT2D eigenvalue weighted by atomic mass is 16.6. The Morgan fingerprint density at radius 1 is 0.970 bits per heavy atom. The van der Waals surface area contributed by atoms with E-state index in [1.165, 1.54) is 0 Å². The van der Waals surface area contributed by atoms with Crippen LogP contribution in [0.2, 0.25) is 0 Å². The second-order valence-electron chi connectivity index (χ2n) is 7.78. The maximum atomic E-state index is 11.5. The normalized spacial score (nSPS) is 12.0. The molecule has 0 aliphatic carbocycles. The summed E-state index contributed by atoms with van der Waals surface area (Å²) in [5.41, 5.74) is 10.6. The van der Waals surface area contributed by atoms with Crippen LogP contribution in [0.5, 0.6) is 0 Å². The number of nitrogens with two attached hydrogens (primary N) is 1. The summed E-state index contributed by atoms with van der Waals surface area (Å²) >= 11 is 0. The molecule has 0 aliphatic rings. The number of carbonyl (C=O) groups is 1. The lowest BCUT2D eigenvalue weighted by Gasteiger charge is -2.12. The first-order valence-electron chi connectivity index (χ1n) is 10.6. The molecule has 2 aromatic heterocycles. The number of fused-ring (bicyclic) bond motifs is 1. The largest absolute Gasteiger partial charge is 0.436 e. The van der Waals surface area contributed by atoms with E-state index >= 15 is 0 Å². The van der Waals surface area contributed by atoms with Crippen LogP contribution in [0.25, 0.3) is 22.0 Å². The Morgan fingerprint density at radius 2 is 1.70 bits per heavy atom. The second-order valence-corrected chi connectivity index (χ2v) is 7.78. The number of carbonyl (C=O) groups excluding carboxylic acids is 1. The molecule has 3 N–H and O–H groups in total. The van der Waals surface area contributed by atoms with Gasteiger partial charge in [-0.1, -0.05) is 78.0 Å². The minimum absolute atomic E-state index is 0.218. The van der Waals surface area contributed by atoms with E-state index in [-0.39, 0.29) is 5.89 Å². The van der Waals surface area contributed by atoms with Gasteiger partial charge >= 0.3 is 6.09 Å². The number of amides is 1. The molecule has 2 heterocycles. The van der Waals surface area contributed by atoms with Crippen molar-refractivity contribution in [3.63, 3.8) is 0 Å². The van der Waals surface area contributed by atoms with Crippen molar-refractivity contribution in [1.29, 1.82) is 0 Å². The fourth-order valence-electron chi connectivity index (χ4n) is 3.92. The standard InChI is InChI=1S/C26H22N4O3/c27-26(31)32-23(15-20-16-28-22-9-5-4-8-21(20)22)25-29-24(30-33-25)14-17-10-12-19(13-11-17)18-6-2-1-3-7-18/h1-13,16,23,28H,14-15H2,(H2,27,31). The molecule has 3 aromatic carbocycles. The molecule has 0 saturated heterocycles. The zero-order valence-corrected chi connectivity index (χ0v) is 17.8. The molecule has 5 rings (SSSR count). The van der Waals surface area contributed by atoms with Crippen LogP contribution in [0, 0.1) is 0 Å². The van der Waals surface area contributed by atoms with Gasteiger partial charge in [-0.15, -0.1) is 0 Å². The van der Waals surface area contributed by atoms with Gasteiger partial charge in [-0.2, -0.15) is 4.98 Å². The van der Waals surface area contributed by atoms with Gasteiger partial charge in [0.05, 0.1) is 0 Å². The molecule has 1 atom stereocenters. The highest BCUT2D eigenvalue weighted by Gasteiger charge is 2.24. The summed E-state index contributed by atoms with van der Waals surface area (Å²) in [4.78, 5) is 19.2. The molecule has 33 heavy (non-hydrogen) atoms. The fourth-order valence-corrected chi connectivity index (χ4v) is 3.92.